The van der Waals surface area contributed by atoms with Crippen molar-refractivity contribution in [1.29, 1.82) is 0 Å². The van der Waals surface area contributed by atoms with Crippen LogP contribution in [0.3, 0.4) is 0 Å². The standard InChI is InChI=1S/C8H13NO2/c1-5(2)4-7-8(10)9-6(3)11-7/h5,7H,3-4H2,1-2H3,(H,9,10). The van der Waals surface area contributed by atoms with E-state index in [2.05, 4.69) is 25.7 Å². The number of ether oxygens (including phenoxy) is 1. The summed E-state index contributed by atoms with van der Waals surface area (Å²) in [6, 6.07) is 0. The predicted octanol–water partition coefficient (Wildman–Crippen LogP) is 1.02. The highest BCUT2D eigenvalue weighted by atomic mass is 16.5. The molecule has 3 heteroatoms. The van der Waals surface area contributed by atoms with Crippen molar-refractivity contribution in [1.82, 2.24) is 5.32 Å². The zero-order valence-corrected chi connectivity index (χ0v) is 6.89. The summed E-state index contributed by atoms with van der Waals surface area (Å²) in [7, 11) is 0. The number of hydrogen-bond acceptors (Lipinski definition) is 2. The lowest BCUT2D eigenvalue weighted by Crippen LogP contribution is -2.24. The smallest absolute Gasteiger partial charge is 0.267 e. The summed E-state index contributed by atoms with van der Waals surface area (Å²) in [5, 5.41) is 2.52. The summed E-state index contributed by atoms with van der Waals surface area (Å²) in [6.45, 7) is 7.61. The minimum absolute atomic E-state index is 0.0660. The van der Waals surface area contributed by atoms with Crippen molar-refractivity contribution in [2.75, 3.05) is 0 Å². The highest BCUT2D eigenvalue weighted by Crippen LogP contribution is 2.15. The Balaban J connectivity index is 2.47. The van der Waals surface area contributed by atoms with Gasteiger partial charge in [0.25, 0.3) is 5.91 Å². The Kier molecular flexibility index (Phi) is 2.17. The molecular formula is C8H13NO2. The van der Waals surface area contributed by atoms with Gasteiger partial charge in [0.05, 0.1) is 0 Å². The van der Waals surface area contributed by atoms with Gasteiger partial charge in [-0.25, -0.2) is 0 Å². The van der Waals surface area contributed by atoms with Gasteiger partial charge < -0.3 is 4.74 Å². The third kappa shape index (κ3) is 1.97. The van der Waals surface area contributed by atoms with Crippen molar-refractivity contribution in [2.24, 2.45) is 5.92 Å². The summed E-state index contributed by atoms with van der Waals surface area (Å²) in [6.07, 6.45) is 0.438. The van der Waals surface area contributed by atoms with Crippen molar-refractivity contribution in [3.8, 4) is 0 Å². The van der Waals surface area contributed by atoms with Crippen molar-refractivity contribution < 1.29 is 9.53 Å². The second-order valence-corrected chi connectivity index (χ2v) is 3.15. The van der Waals surface area contributed by atoms with Crippen LogP contribution < -0.4 is 5.32 Å². The molecule has 0 aromatic heterocycles. The molecule has 1 fully saturated rings. The van der Waals surface area contributed by atoms with E-state index in [1.165, 1.54) is 0 Å². The van der Waals surface area contributed by atoms with E-state index in [1.54, 1.807) is 0 Å². The molecule has 0 radical (unpaired) electrons. The number of hydrogen-bond donors (Lipinski definition) is 1. The molecule has 1 atom stereocenters. The fraction of sp³-hybridized carbons (Fsp3) is 0.625. The zero-order chi connectivity index (χ0) is 8.43. The zero-order valence-electron chi connectivity index (χ0n) is 6.89. The van der Waals surface area contributed by atoms with Gasteiger partial charge in [0.2, 0.25) is 0 Å². The second-order valence-electron chi connectivity index (χ2n) is 3.15. The molecule has 62 valence electrons. The molecular weight excluding hydrogens is 142 g/mol. The van der Waals surface area contributed by atoms with Crippen LogP contribution in [0.15, 0.2) is 12.5 Å². The molecule has 1 aliphatic rings. The van der Waals surface area contributed by atoms with Crippen LogP contribution in [0.4, 0.5) is 0 Å². The summed E-state index contributed by atoms with van der Waals surface area (Å²) in [5.41, 5.74) is 0. The minimum Gasteiger partial charge on any atom is -0.466 e. The first-order valence-corrected chi connectivity index (χ1v) is 3.76. The second kappa shape index (κ2) is 2.95. The van der Waals surface area contributed by atoms with Crippen molar-refractivity contribution >= 4 is 5.91 Å². The Bertz CT molecular complexity index is 187. The van der Waals surface area contributed by atoms with Crippen LogP contribution >= 0.6 is 0 Å². The van der Waals surface area contributed by atoms with E-state index < -0.39 is 0 Å². The van der Waals surface area contributed by atoms with E-state index in [0.717, 1.165) is 6.42 Å². The van der Waals surface area contributed by atoms with E-state index in [9.17, 15) is 4.79 Å². The first kappa shape index (κ1) is 8.11. The lowest BCUT2D eigenvalue weighted by Gasteiger charge is -2.08. The Hall–Kier alpha value is -0.990. The Morgan fingerprint density at radius 2 is 2.36 bits per heavy atom. The van der Waals surface area contributed by atoms with Crippen molar-refractivity contribution in [2.45, 2.75) is 26.4 Å². The van der Waals surface area contributed by atoms with Gasteiger partial charge in [0, 0.05) is 0 Å². The maximum absolute atomic E-state index is 11.0. The van der Waals surface area contributed by atoms with Crippen LogP contribution in [-0.2, 0) is 9.53 Å². The highest BCUT2D eigenvalue weighted by Gasteiger charge is 2.28. The maximum Gasteiger partial charge on any atom is 0.267 e. The van der Waals surface area contributed by atoms with Gasteiger partial charge in [-0.3, -0.25) is 10.1 Å². The molecule has 1 saturated heterocycles. The third-order valence-corrected chi connectivity index (χ3v) is 1.53. The first-order valence-electron chi connectivity index (χ1n) is 3.76. The van der Waals surface area contributed by atoms with E-state index in [1.807, 2.05) is 0 Å². The van der Waals surface area contributed by atoms with Crippen LogP contribution in [0.2, 0.25) is 0 Å². The molecule has 0 saturated carbocycles. The number of nitrogens with one attached hydrogen (secondary N) is 1. The molecule has 11 heavy (non-hydrogen) atoms. The molecule has 1 amide bonds. The molecule has 1 aliphatic heterocycles. The monoisotopic (exact) mass is 155 g/mol. The molecule has 0 spiro atoms. The lowest BCUT2D eigenvalue weighted by atomic mass is 10.1. The Morgan fingerprint density at radius 1 is 1.73 bits per heavy atom. The molecule has 0 bridgehead atoms. The van der Waals surface area contributed by atoms with Gasteiger partial charge in [0.15, 0.2) is 12.0 Å². The fourth-order valence-electron chi connectivity index (χ4n) is 1.06. The highest BCUT2D eigenvalue weighted by molar-refractivity contribution is 5.84. The van der Waals surface area contributed by atoms with Crippen molar-refractivity contribution in [3.05, 3.63) is 12.5 Å². The summed E-state index contributed by atoms with van der Waals surface area (Å²) >= 11 is 0. The average molecular weight is 155 g/mol. The molecule has 0 aromatic carbocycles. The molecule has 1 N–H and O–H groups in total. The molecule has 0 aliphatic carbocycles. The van der Waals surface area contributed by atoms with E-state index in [0.29, 0.717) is 11.8 Å². The summed E-state index contributed by atoms with van der Waals surface area (Å²) < 4.78 is 5.13. The number of rotatable bonds is 2. The SMILES string of the molecule is C=C1NC(=O)C(CC(C)C)O1. The first-order chi connectivity index (χ1) is 5.09. The average Bonchev–Trinajstić information content (AvgIpc) is 2.09. The van der Waals surface area contributed by atoms with Gasteiger partial charge in [0.1, 0.15) is 0 Å². The van der Waals surface area contributed by atoms with Gasteiger partial charge in [-0.15, -0.1) is 0 Å². The molecule has 3 nitrogen and oxygen atoms in total. The van der Waals surface area contributed by atoms with Crippen LogP contribution in [0.1, 0.15) is 20.3 Å². The van der Waals surface area contributed by atoms with Gasteiger partial charge in [-0.1, -0.05) is 13.8 Å². The summed E-state index contributed by atoms with van der Waals surface area (Å²) in [4.78, 5) is 11.0. The van der Waals surface area contributed by atoms with Crippen molar-refractivity contribution in [3.63, 3.8) is 0 Å². The largest absolute Gasteiger partial charge is 0.466 e. The molecule has 1 heterocycles. The van der Waals surface area contributed by atoms with E-state index in [-0.39, 0.29) is 12.0 Å². The van der Waals surface area contributed by atoms with Gasteiger partial charge in [-0.05, 0) is 18.9 Å². The Labute approximate surface area is 66.4 Å². The predicted molar refractivity (Wildman–Crippen MR) is 41.6 cm³/mol. The normalized spacial score (nSPS) is 23.7. The summed E-state index contributed by atoms with van der Waals surface area (Å²) in [5.74, 6) is 0.779. The maximum atomic E-state index is 11.0. The molecule has 1 rings (SSSR count). The number of amides is 1. The van der Waals surface area contributed by atoms with E-state index in [4.69, 9.17) is 4.74 Å². The van der Waals surface area contributed by atoms with E-state index >= 15 is 0 Å². The van der Waals surface area contributed by atoms with Gasteiger partial charge in [-0.2, -0.15) is 0 Å². The number of carbonyl (C=O) groups excluding carboxylic acids is 1. The number of carbonyl (C=O) groups is 1. The third-order valence-electron chi connectivity index (χ3n) is 1.53. The fourth-order valence-corrected chi connectivity index (χ4v) is 1.06. The molecule has 1 unspecified atom stereocenters. The topological polar surface area (TPSA) is 38.3 Å². The quantitative estimate of drug-likeness (QED) is 0.646. The van der Waals surface area contributed by atoms with Crippen LogP contribution in [0.5, 0.6) is 0 Å². The van der Waals surface area contributed by atoms with Crippen LogP contribution in [-0.4, -0.2) is 12.0 Å². The van der Waals surface area contributed by atoms with Gasteiger partial charge >= 0.3 is 0 Å². The molecule has 0 aromatic rings. The Morgan fingerprint density at radius 3 is 2.73 bits per heavy atom. The van der Waals surface area contributed by atoms with Crippen LogP contribution in [0.25, 0.3) is 0 Å². The lowest BCUT2D eigenvalue weighted by molar-refractivity contribution is -0.124. The van der Waals surface area contributed by atoms with Crippen LogP contribution in [0, 0.1) is 5.92 Å². The minimum atomic E-state index is -0.317.